The summed E-state index contributed by atoms with van der Waals surface area (Å²) in [6.07, 6.45) is 12.3. The molecule has 0 radical (unpaired) electrons. The Morgan fingerprint density at radius 3 is 2.32 bits per heavy atom. The van der Waals surface area contributed by atoms with E-state index in [1.807, 2.05) is 30.0 Å². The van der Waals surface area contributed by atoms with Crippen molar-refractivity contribution >= 4 is 17.8 Å². The molecule has 1 saturated heterocycles. The second-order valence-corrected chi connectivity index (χ2v) is 15.3. The number of anilines is 1. The summed E-state index contributed by atoms with van der Waals surface area (Å²) in [5.41, 5.74) is 3.73. The number of carbonyl (C=O) groups excluding carboxylic acids is 2. The summed E-state index contributed by atoms with van der Waals surface area (Å²) < 4.78 is 17.1. The van der Waals surface area contributed by atoms with Crippen LogP contribution in [-0.4, -0.2) is 90.2 Å². The zero-order valence-electron chi connectivity index (χ0n) is 30.1. The third kappa shape index (κ3) is 7.98. The van der Waals surface area contributed by atoms with Gasteiger partial charge in [0.1, 0.15) is 29.6 Å². The van der Waals surface area contributed by atoms with Crippen LogP contribution in [0.15, 0.2) is 41.1 Å². The Morgan fingerprint density at radius 2 is 1.64 bits per heavy atom. The van der Waals surface area contributed by atoms with Crippen molar-refractivity contribution in [2.45, 2.75) is 89.1 Å². The average molecular weight is 685 g/mol. The molecule has 1 aliphatic heterocycles. The number of aryl methyl sites for hydroxylation is 1. The van der Waals surface area contributed by atoms with E-state index in [0.29, 0.717) is 61.7 Å². The molecule has 11 nitrogen and oxygen atoms in total. The SMILES string of the molecule is COc1ccc([C@H]2CC[C@H](CN(c3cc(-c4coc(C5CC5)n4)ccn3)C(=O)[C@H]3CC[C@H](OC(=O)N4CC(CN(C)C)C4)CC3)CC2)nc1C. The molecule has 11 heteroatoms. The second kappa shape index (κ2) is 15.1. The van der Waals surface area contributed by atoms with E-state index < -0.39 is 0 Å². The van der Waals surface area contributed by atoms with Crippen LogP contribution in [0.5, 0.6) is 5.75 Å². The van der Waals surface area contributed by atoms with Crippen LogP contribution in [0.2, 0.25) is 0 Å². The number of likely N-dealkylation sites (tertiary alicyclic amines) is 1. The fourth-order valence-corrected chi connectivity index (χ4v) is 8.09. The van der Waals surface area contributed by atoms with Gasteiger partial charge < -0.3 is 23.7 Å². The van der Waals surface area contributed by atoms with E-state index in [9.17, 15) is 9.59 Å². The number of aromatic nitrogens is 3. The first-order chi connectivity index (χ1) is 24.2. The summed E-state index contributed by atoms with van der Waals surface area (Å²) in [6.45, 7) is 5.10. The number of rotatable bonds is 11. The quantitative estimate of drug-likeness (QED) is 0.215. The number of oxazole rings is 1. The van der Waals surface area contributed by atoms with Crippen LogP contribution in [0.1, 0.15) is 93.3 Å². The first-order valence-corrected chi connectivity index (χ1v) is 18.6. The van der Waals surface area contributed by atoms with Crippen molar-refractivity contribution in [1.29, 1.82) is 0 Å². The molecule has 7 rings (SSSR count). The van der Waals surface area contributed by atoms with Crippen LogP contribution in [0.3, 0.4) is 0 Å². The van der Waals surface area contributed by atoms with Crippen LogP contribution in [0.4, 0.5) is 10.6 Å². The van der Waals surface area contributed by atoms with Crippen molar-refractivity contribution in [2.75, 3.05) is 52.3 Å². The van der Waals surface area contributed by atoms with E-state index in [-0.39, 0.29) is 24.0 Å². The largest absolute Gasteiger partial charge is 0.495 e. The minimum Gasteiger partial charge on any atom is -0.495 e. The molecule has 0 spiro atoms. The van der Waals surface area contributed by atoms with Crippen molar-refractivity contribution in [3.63, 3.8) is 0 Å². The van der Waals surface area contributed by atoms with Gasteiger partial charge >= 0.3 is 6.09 Å². The maximum Gasteiger partial charge on any atom is 0.410 e. The van der Waals surface area contributed by atoms with Crippen LogP contribution in [-0.2, 0) is 9.53 Å². The Bertz CT molecular complexity index is 1630. The fourth-order valence-electron chi connectivity index (χ4n) is 8.09. The van der Waals surface area contributed by atoms with Gasteiger partial charge in [-0.25, -0.2) is 14.8 Å². The Kier molecular flexibility index (Phi) is 10.4. The highest BCUT2D eigenvalue weighted by Crippen LogP contribution is 2.41. The highest BCUT2D eigenvalue weighted by atomic mass is 16.6. The molecule has 0 bridgehead atoms. The predicted octanol–water partition coefficient (Wildman–Crippen LogP) is 6.82. The molecule has 0 unspecified atom stereocenters. The van der Waals surface area contributed by atoms with Gasteiger partial charge in [-0.05, 0) is 115 Å². The summed E-state index contributed by atoms with van der Waals surface area (Å²) in [5.74, 6) is 3.95. The molecule has 3 aromatic rings. The van der Waals surface area contributed by atoms with E-state index in [0.717, 1.165) is 92.4 Å². The third-order valence-corrected chi connectivity index (χ3v) is 11.1. The molecule has 4 aliphatic rings. The maximum absolute atomic E-state index is 14.4. The van der Waals surface area contributed by atoms with E-state index in [1.54, 1.807) is 24.5 Å². The number of hydrogen-bond donors (Lipinski definition) is 0. The first-order valence-electron chi connectivity index (χ1n) is 18.6. The molecule has 2 amide bonds. The minimum atomic E-state index is -0.217. The van der Waals surface area contributed by atoms with Crippen molar-refractivity contribution in [1.82, 2.24) is 24.8 Å². The molecule has 50 heavy (non-hydrogen) atoms. The van der Waals surface area contributed by atoms with Gasteiger partial charge in [0.05, 0.1) is 12.8 Å². The summed E-state index contributed by atoms with van der Waals surface area (Å²) in [7, 11) is 5.80. The van der Waals surface area contributed by atoms with Gasteiger partial charge in [-0.1, -0.05) is 0 Å². The molecule has 4 heterocycles. The van der Waals surface area contributed by atoms with E-state index in [4.69, 9.17) is 28.8 Å². The average Bonchev–Trinajstić information content (AvgIpc) is 3.84. The number of ether oxygens (including phenoxy) is 2. The lowest BCUT2D eigenvalue weighted by molar-refractivity contribution is -0.124. The molecule has 0 aromatic carbocycles. The number of pyridine rings is 2. The highest BCUT2D eigenvalue weighted by molar-refractivity contribution is 5.94. The molecule has 4 fully saturated rings. The molecule has 0 atom stereocenters. The molecular weight excluding hydrogens is 632 g/mol. The van der Waals surface area contributed by atoms with Gasteiger partial charge in [0, 0.05) is 67.3 Å². The monoisotopic (exact) mass is 684 g/mol. The minimum absolute atomic E-state index is 0.113. The Labute approximate surface area is 295 Å². The predicted molar refractivity (Wildman–Crippen MR) is 190 cm³/mol. The van der Waals surface area contributed by atoms with Gasteiger partial charge in [0.15, 0.2) is 5.89 Å². The second-order valence-electron chi connectivity index (χ2n) is 15.3. The molecule has 268 valence electrons. The van der Waals surface area contributed by atoms with Gasteiger partial charge in [0.2, 0.25) is 5.91 Å². The molecular formula is C39H52N6O5. The van der Waals surface area contributed by atoms with Crippen molar-refractivity contribution in [3.8, 4) is 17.0 Å². The highest BCUT2D eigenvalue weighted by Gasteiger charge is 2.37. The molecule has 0 N–H and O–H groups in total. The molecule has 3 aromatic heterocycles. The number of amides is 2. The lowest BCUT2D eigenvalue weighted by Gasteiger charge is -2.41. The number of carbonyl (C=O) groups is 2. The maximum atomic E-state index is 14.4. The van der Waals surface area contributed by atoms with Crippen molar-refractivity contribution in [2.24, 2.45) is 17.8 Å². The van der Waals surface area contributed by atoms with Crippen molar-refractivity contribution in [3.05, 3.63) is 54.0 Å². The van der Waals surface area contributed by atoms with E-state index in [2.05, 4.69) is 25.1 Å². The Morgan fingerprint density at radius 1 is 0.900 bits per heavy atom. The summed E-state index contributed by atoms with van der Waals surface area (Å²) >= 11 is 0. The van der Waals surface area contributed by atoms with E-state index in [1.165, 1.54) is 0 Å². The fraction of sp³-hybridized carbons (Fsp3) is 0.615. The zero-order valence-corrected chi connectivity index (χ0v) is 30.1. The summed E-state index contributed by atoms with van der Waals surface area (Å²) in [4.78, 5) is 47.5. The summed E-state index contributed by atoms with van der Waals surface area (Å²) in [5, 5.41) is 0. The zero-order chi connectivity index (χ0) is 34.8. The standard InChI is InChI=1S/C39H52N6O5/c1-25-35(48-4)16-15-33(41-25)28-7-5-26(6-8-28)23-45(36-19-31(17-18-40-36)34-24-49-37(42-34)29-9-10-29)38(46)30-11-13-32(14-12-30)50-39(47)44-21-27(22-44)20-43(2)3/h15-19,24,26-30,32H,5-14,20-23H2,1-4H3/t26-,28-,30-,32-. The smallest absolute Gasteiger partial charge is 0.410 e. The van der Waals surface area contributed by atoms with Gasteiger partial charge in [-0.3, -0.25) is 14.7 Å². The van der Waals surface area contributed by atoms with Crippen LogP contribution in [0, 0.1) is 24.7 Å². The summed E-state index contributed by atoms with van der Waals surface area (Å²) in [6, 6.07) is 8.05. The van der Waals surface area contributed by atoms with Gasteiger partial charge in [0.25, 0.3) is 0 Å². The molecule has 3 aliphatic carbocycles. The van der Waals surface area contributed by atoms with Gasteiger partial charge in [-0.2, -0.15) is 0 Å². The van der Waals surface area contributed by atoms with Gasteiger partial charge in [-0.15, -0.1) is 0 Å². The lowest BCUT2D eigenvalue weighted by Crippen LogP contribution is -2.53. The number of hydrogen-bond acceptors (Lipinski definition) is 9. The lowest BCUT2D eigenvalue weighted by atomic mass is 9.79. The molecule has 3 saturated carbocycles. The van der Waals surface area contributed by atoms with Crippen molar-refractivity contribution < 1.29 is 23.5 Å². The topological polar surface area (TPSA) is 114 Å². The van der Waals surface area contributed by atoms with Crippen LogP contribution < -0.4 is 9.64 Å². The number of methoxy groups -OCH3 is 1. The normalized spacial score (nSPS) is 24.1. The number of nitrogens with zero attached hydrogens (tertiary/aromatic N) is 6. The van der Waals surface area contributed by atoms with E-state index >= 15 is 0 Å². The van der Waals surface area contributed by atoms with Crippen LogP contribution >= 0.6 is 0 Å². The third-order valence-electron chi connectivity index (χ3n) is 11.1. The van der Waals surface area contributed by atoms with Crippen LogP contribution in [0.25, 0.3) is 11.3 Å². The Hall–Kier alpha value is -3.99. The Balaban J connectivity index is 1.01. The first kappa shape index (κ1) is 34.5.